The maximum atomic E-state index is 6.12. The third-order valence-corrected chi connectivity index (χ3v) is 4.50. The monoisotopic (exact) mass is 266 g/mol. The van der Waals surface area contributed by atoms with E-state index in [2.05, 4.69) is 49.1 Å². The number of aryl methyl sites for hydroxylation is 1. The fourth-order valence-electron chi connectivity index (χ4n) is 3.02. The van der Waals surface area contributed by atoms with Crippen LogP contribution >= 0.6 is 0 Å². The molecule has 2 aromatic carbocycles. The Hall–Kier alpha value is -1.80. The number of nitrogens with zero attached hydrogens (tertiary/aromatic N) is 1. The topological polar surface area (TPSA) is 29.3 Å². The molecule has 0 atom stereocenters. The molecule has 2 heteroatoms. The lowest BCUT2D eigenvalue weighted by atomic mass is 9.97. The van der Waals surface area contributed by atoms with Gasteiger partial charge in [-0.3, -0.25) is 4.90 Å². The van der Waals surface area contributed by atoms with Crippen molar-refractivity contribution in [2.45, 2.75) is 33.4 Å². The van der Waals surface area contributed by atoms with Gasteiger partial charge in [0, 0.05) is 25.3 Å². The normalized spacial score (nSPS) is 15.1. The predicted octanol–water partition coefficient (Wildman–Crippen LogP) is 3.44. The third kappa shape index (κ3) is 2.44. The highest BCUT2D eigenvalue weighted by atomic mass is 15.1. The quantitative estimate of drug-likeness (QED) is 0.844. The molecular weight excluding hydrogens is 244 g/mol. The number of hydrogen-bond acceptors (Lipinski definition) is 2. The van der Waals surface area contributed by atoms with E-state index in [0.717, 1.165) is 31.7 Å². The van der Waals surface area contributed by atoms with Crippen LogP contribution in [-0.2, 0) is 19.5 Å². The Kier molecular flexibility index (Phi) is 3.49. The molecule has 0 saturated heterocycles. The van der Waals surface area contributed by atoms with Crippen LogP contribution in [0.5, 0.6) is 0 Å². The summed E-state index contributed by atoms with van der Waals surface area (Å²) in [6, 6.07) is 12.9. The van der Waals surface area contributed by atoms with Gasteiger partial charge in [-0.1, -0.05) is 30.3 Å². The van der Waals surface area contributed by atoms with Crippen molar-refractivity contribution in [3.8, 4) is 0 Å². The van der Waals surface area contributed by atoms with Crippen LogP contribution < -0.4 is 5.73 Å². The lowest BCUT2D eigenvalue weighted by molar-refractivity contribution is 0.245. The van der Waals surface area contributed by atoms with Crippen molar-refractivity contribution in [2.24, 2.45) is 0 Å². The molecule has 104 valence electrons. The van der Waals surface area contributed by atoms with Crippen molar-refractivity contribution in [3.05, 3.63) is 64.2 Å². The molecule has 1 aliphatic heterocycles. The average Bonchev–Trinajstić information content (AvgIpc) is 2.45. The highest BCUT2D eigenvalue weighted by molar-refractivity contribution is 5.51. The van der Waals surface area contributed by atoms with E-state index < -0.39 is 0 Å². The molecule has 0 radical (unpaired) electrons. The number of nitrogen functional groups attached to an aromatic ring is 1. The summed E-state index contributed by atoms with van der Waals surface area (Å²) in [6.45, 7) is 7.50. The molecule has 0 aliphatic carbocycles. The van der Waals surface area contributed by atoms with E-state index in [-0.39, 0.29) is 0 Å². The minimum atomic E-state index is 0.938. The first-order chi connectivity index (χ1) is 9.65. The number of benzene rings is 2. The molecular formula is C18H22N2. The zero-order chi connectivity index (χ0) is 14.1. The van der Waals surface area contributed by atoms with Crippen LogP contribution in [0.3, 0.4) is 0 Å². The highest BCUT2D eigenvalue weighted by Gasteiger charge is 2.18. The first kappa shape index (κ1) is 13.2. The summed E-state index contributed by atoms with van der Waals surface area (Å²) in [4.78, 5) is 2.50. The van der Waals surface area contributed by atoms with Crippen LogP contribution in [-0.4, -0.2) is 11.4 Å². The fourth-order valence-corrected chi connectivity index (χ4v) is 3.02. The molecule has 2 N–H and O–H groups in total. The standard InChI is InChI=1S/C18H22N2/c1-13-5-3-7-16(14(13)2)11-20-10-9-15-6-4-8-18(19)17(15)12-20/h3-8H,9-12,19H2,1-2H3. The molecule has 0 fully saturated rings. The van der Waals surface area contributed by atoms with Crippen LogP contribution in [0.1, 0.15) is 27.8 Å². The van der Waals surface area contributed by atoms with Crippen molar-refractivity contribution >= 4 is 5.69 Å². The van der Waals surface area contributed by atoms with Gasteiger partial charge in [0.05, 0.1) is 0 Å². The van der Waals surface area contributed by atoms with Crippen LogP contribution in [0.4, 0.5) is 5.69 Å². The largest absolute Gasteiger partial charge is 0.398 e. The molecule has 0 spiro atoms. The molecule has 3 rings (SSSR count). The van der Waals surface area contributed by atoms with Crippen LogP contribution in [0, 0.1) is 13.8 Å². The van der Waals surface area contributed by atoms with E-state index in [1.807, 2.05) is 6.07 Å². The molecule has 1 aliphatic rings. The second-order valence-corrected chi connectivity index (χ2v) is 5.80. The number of anilines is 1. The first-order valence-electron chi connectivity index (χ1n) is 7.29. The van der Waals surface area contributed by atoms with Gasteiger partial charge < -0.3 is 5.73 Å². The number of hydrogen-bond donors (Lipinski definition) is 1. The van der Waals surface area contributed by atoms with Crippen molar-refractivity contribution in [2.75, 3.05) is 12.3 Å². The maximum Gasteiger partial charge on any atom is 0.0362 e. The first-order valence-corrected chi connectivity index (χ1v) is 7.29. The molecule has 0 aromatic heterocycles. The Morgan fingerprint density at radius 2 is 1.90 bits per heavy atom. The molecule has 0 bridgehead atoms. The Morgan fingerprint density at radius 1 is 1.10 bits per heavy atom. The molecule has 0 unspecified atom stereocenters. The van der Waals surface area contributed by atoms with E-state index in [1.54, 1.807) is 0 Å². The van der Waals surface area contributed by atoms with E-state index in [4.69, 9.17) is 5.73 Å². The predicted molar refractivity (Wildman–Crippen MR) is 84.6 cm³/mol. The summed E-state index contributed by atoms with van der Waals surface area (Å²) in [5.41, 5.74) is 14.0. The summed E-state index contributed by atoms with van der Waals surface area (Å²) >= 11 is 0. The van der Waals surface area contributed by atoms with Crippen LogP contribution in [0.15, 0.2) is 36.4 Å². The Labute approximate surface area is 121 Å². The summed E-state index contributed by atoms with van der Waals surface area (Å²) in [5.74, 6) is 0. The lowest BCUT2D eigenvalue weighted by Crippen LogP contribution is -2.30. The molecule has 0 amide bonds. The Balaban J connectivity index is 1.81. The maximum absolute atomic E-state index is 6.12. The highest BCUT2D eigenvalue weighted by Crippen LogP contribution is 2.26. The Morgan fingerprint density at radius 3 is 2.75 bits per heavy atom. The summed E-state index contributed by atoms with van der Waals surface area (Å²) in [5, 5.41) is 0. The molecule has 2 nitrogen and oxygen atoms in total. The van der Waals surface area contributed by atoms with Gasteiger partial charge in [-0.15, -0.1) is 0 Å². The molecule has 0 saturated carbocycles. The van der Waals surface area contributed by atoms with Gasteiger partial charge in [0.15, 0.2) is 0 Å². The zero-order valence-corrected chi connectivity index (χ0v) is 12.3. The van der Waals surface area contributed by atoms with E-state index in [0.29, 0.717) is 0 Å². The van der Waals surface area contributed by atoms with Gasteiger partial charge in [-0.25, -0.2) is 0 Å². The summed E-state index contributed by atoms with van der Waals surface area (Å²) < 4.78 is 0. The van der Waals surface area contributed by atoms with E-state index in [9.17, 15) is 0 Å². The van der Waals surface area contributed by atoms with Gasteiger partial charge in [0.2, 0.25) is 0 Å². The lowest BCUT2D eigenvalue weighted by Gasteiger charge is -2.30. The van der Waals surface area contributed by atoms with Gasteiger partial charge >= 0.3 is 0 Å². The van der Waals surface area contributed by atoms with Crippen molar-refractivity contribution < 1.29 is 0 Å². The van der Waals surface area contributed by atoms with E-state index in [1.165, 1.54) is 27.8 Å². The summed E-state index contributed by atoms with van der Waals surface area (Å²) in [7, 11) is 0. The number of rotatable bonds is 2. The van der Waals surface area contributed by atoms with Crippen molar-refractivity contribution in [1.29, 1.82) is 0 Å². The van der Waals surface area contributed by atoms with Crippen LogP contribution in [0.2, 0.25) is 0 Å². The minimum absolute atomic E-state index is 0.938. The zero-order valence-electron chi connectivity index (χ0n) is 12.3. The molecule has 2 aromatic rings. The third-order valence-electron chi connectivity index (χ3n) is 4.50. The fraction of sp³-hybridized carbons (Fsp3) is 0.333. The van der Waals surface area contributed by atoms with Crippen molar-refractivity contribution in [3.63, 3.8) is 0 Å². The second kappa shape index (κ2) is 5.29. The molecule has 20 heavy (non-hydrogen) atoms. The van der Waals surface area contributed by atoms with Crippen molar-refractivity contribution in [1.82, 2.24) is 4.90 Å². The van der Waals surface area contributed by atoms with Gasteiger partial charge in [-0.2, -0.15) is 0 Å². The second-order valence-electron chi connectivity index (χ2n) is 5.80. The Bertz CT molecular complexity index is 631. The van der Waals surface area contributed by atoms with E-state index >= 15 is 0 Å². The van der Waals surface area contributed by atoms with Gasteiger partial charge in [0.1, 0.15) is 0 Å². The smallest absolute Gasteiger partial charge is 0.0362 e. The van der Waals surface area contributed by atoms with Gasteiger partial charge in [0.25, 0.3) is 0 Å². The number of nitrogens with two attached hydrogens (primary N) is 1. The average molecular weight is 266 g/mol. The minimum Gasteiger partial charge on any atom is -0.398 e. The SMILES string of the molecule is Cc1cccc(CN2CCc3cccc(N)c3C2)c1C. The molecule has 1 heterocycles. The number of fused-ring (bicyclic) bond motifs is 1. The summed E-state index contributed by atoms with van der Waals surface area (Å²) in [6.07, 6.45) is 1.10. The van der Waals surface area contributed by atoms with Crippen LogP contribution in [0.25, 0.3) is 0 Å². The van der Waals surface area contributed by atoms with Gasteiger partial charge in [-0.05, 0) is 54.2 Å².